The molecule has 1 aliphatic rings. The topological polar surface area (TPSA) is 71.3 Å². The Morgan fingerprint density at radius 3 is 2.80 bits per heavy atom. The molecule has 1 fully saturated rings. The molecule has 1 aliphatic carbocycles. The van der Waals surface area contributed by atoms with Gasteiger partial charge in [0.2, 0.25) is 5.91 Å². The fourth-order valence-electron chi connectivity index (χ4n) is 1.27. The van der Waals surface area contributed by atoms with Gasteiger partial charge >= 0.3 is 0 Å². The first-order valence-corrected chi connectivity index (χ1v) is 5.22. The first-order chi connectivity index (χ1) is 7.27. The first-order valence-electron chi connectivity index (χ1n) is 5.22. The zero-order valence-electron chi connectivity index (χ0n) is 8.86. The third-order valence-electron chi connectivity index (χ3n) is 2.38. The highest BCUT2D eigenvalue weighted by molar-refractivity contribution is 5.79. The number of carbonyl (C=O) groups is 1. The standard InChI is InChI=1S/C10H16N2O3/c1-2-14-15-7-9(6-11)12-10(13)8-4-3-5-8/h8-9H,2-5,7H2,1H3,(H,12,13). The molecule has 1 rings (SSSR count). The van der Waals surface area contributed by atoms with Crippen LogP contribution < -0.4 is 5.32 Å². The maximum atomic E-state index is 11.5. The summed E-state index contributed by atoms with van der Waals surface area (Å²) in [5, 5.41) is 11.4. The van der Waals surface area contributed by atoms with Crippen molar-refractivity contribution < 1.29 is 14.6 Å². The highest BCUT2D eigenvalue weighted by Gasteiger charge is 2.26. The number of hydrogen-bond acceptors (Lipinski definition) is 4. The lowest BCUT2D eigenvalue weighted by Gasteiger charge is -2.25. The minimum absolute atomic E-state index is 0.0482. The van der Waals surface area contributed by atoms with Gasteiger partial charge in [-0.05, 0) is 19.8 Å². The number of nitrogens with zero attached hydrogens (tertiary/aromatic N) is 1. The van der Waals surface area contributed by atoms with Crippen molar-refractivity contribution in [2.24, 2.45) is 5.92 Å². The molecule has 0 aliphatic heterocycles. The third kappa shape index (κ3) is 3.86. The molecule has 0 bridgehead atoms. The largest absolute Gasteiger partial charge is 0.338 e. The summed E-state index contributed by atoms with van der Waals surface area (Å²) >= 11 is 0. The minimum Gasteiger partial charge on any atom is -0.338 e. The van der Waals surface area contributed by atoms with Crippen LogP contribution in [-0.2, 0) is 14.6 Å². The second kappa shape index (κ2) is 6.38. The van der Waals surface area contributed by atoms with Crippen molar-refractivity contribution in [1.29, 1.82) is 5.26 Å². The molecule has 84 valence electrons. The van der Waals surface area contributed by atoms with Gasteiger partial charge in [-0.1, -0.05) is 6.42 Å². The Hall–Kier alpha value is -1.12. The highest BCUT2D eigenvalue weighted by atomic mass is 17.2. The summed E-state index contributed by atoms with van der Waals surface area (Å²) in [5.74, 6) is 0.0424. The van der Waals surface area contributed by atoms with Gasteiger partial charge in [-0.25, -0.2) is 9.78 Å². The Labute approximate surface area is 89.3 Å². The van der Waals surface area contributed by atoms with Crippen LogP contribution in [0.4, 0.5) is 0 Å². The molecule has 0 spiro atoms. The number of carbonyl (C=O) groups excluding carboxylic acids is 1. The highest BCUT2D eigenvalue weighted by Crippen LogP contribution is 2.26. The summed E-state index contributed by atoms with van der Waals surface area (Å²) in [6, 6.07) is 1.34. The van der Waals surface area contributed by atoms with Crippen LogP contribution in [0, 0.1) is 17.2 Å². The van der Waals surface area contributed by atoms with Gasteiger partial charge in [0.05, 0.1) is 12.7 Å². The second-order valence-corrected chi connectivity index (χ2v) is 3.51. The van der Waals surface area contributed by atoms with E-state index in [0.29, 0.717) is 6.61 Å². The molecular formula is C10H16N2O3. The van der Waals surface area contributed by atoms with Gasteiger partial charge in [0.1, 0.15) is 12.6 Å². The number of nitrogens with one attached hydrogen (secondary N) is 1. The van der Waals surface area contributed by atoms with Gasteiger partial charge in [0.15, 0.2) is 0 Å². The minimum atomic E-state index is -0.621. The average Bonchev–Trinajstić information content (AvgIpc) is 2.13. The van der Waals surface area contributed by atoms with E-state index in [2.05, 4.69) is 10.2 Å². The molecule has 1 unspecified atom stereocenters. The molecule has 0 aromatic carbocycles. The van der Waals surface area contributed by atoms with Crippen LogP contribution >= 0.6 is 0 Å². The van der Waals surface area contributed by atoms with Gasteiger partial charge in [0, 0.05) is 5.92 Å². The van der Waals surface area contributed by atoms with Gasteiger partial charge in [-0.2, -0.15) is 5.26 Å². The Morgan fingerprint density at radius 1 is 1.60 bits per heavy atom. The summed E-state index contributed by atoms with van der Waals surface area (Å²) in [6.07, 6.45) is 2.96. The van der Waals surface area contributed by atoms with Crippen molar-refractivity contribution in [3.05, 3.63) is 0 Å². The van der Waals surface area contributed by atoms with Crippen molar-refractivity contribution >= 4 is 5.91 Å². The number of nitriles is 1. The number of rotatable bonds is 6. The van der Waals surface area contributed by atoms with Crippen molar-refractivity contribution in [2.75, 3.05) is 13.2 Å². The van der Waals surface area contributed by atoms with Crippen LogP contribution in [0.2, 0.25) is 0 Å². The van der Waals surface area contributed by atoms with E-state index in [4.69, 9.17) is 10.1 Å². The second-order valence-electron chi connectivity index (χ2n) is 3.51. The van der Waals surface area contributed by atoms with E-state index in [0.717, 1.165) is 19.3 Å². The lowest BCUT2D eigenvalue weighted by molar-refractivity contribution is -0.292. The predicted octanol–water partition coefficient (Wildman–Crippen LogP) is 0.763. The lowest BCUT2D eigenvalue weighted by Crippen LogP contribution is -2.42. The van der Waals surface area contributed by atoms with Crippen molar-refractivity contribution in [2.45, 2.75) is 32.2 Å². The summed E-state index contributed by atoms with van der Waals surface area (Å²) in [6.45, 7) is 2.28. The van der Waals surface area contributed by atoms with E-state index < -0.39 is 6.04 Å². The fourth-order valence-corrected chi connectivity index (χ4v) is 1.27. The smallest absolute Gasteiger partial charge is 0.224 e. The maximum Gasteiger partial charge on any atom is 0.224 e. The van der Waals surface area contributed by atoms with Gasteiger partial charge < -0.3 is 5.32 Å². The average molecular weight is 212 g/mol. The van der Waals surface area contributed by atoms with Gasteiger partial charge in [-0.3, -0.25) is 4.79 Å². The van der Waals surface area contributed by atoms with Crippen LogP contribution in [0.5, 0.6) is 0 Å². The van der Waals surface area contributed by atoms with Crippen LogP contribution in [0.3, 0.4) is 0 Å². The molecule has 0 heterocycles. The van der Waals surface area contributed by atoms with Gasteiger partial charge in [-0.15, -0.1) is 0 Å². The van der Waals surface area contributed by atoms with E-state index in [9.17, 15) is 4.79 Å². The van der Waals surface area contributed by atoms with Crippen LogP contribution in [0.25, 0.3) is 0 Å². The van der Waals surface area contributed by atoms with Gasteiger partial charge in [0.25, 0.3) is 0 Å². The van der Waals surface area contributed by atoms with Crippen molar-refractivity contribution in [3.63, 3.8) is 0 Å². The molecule has 5 heteroatoms. The summed E-state index contributed by atoms with van der Waals surface area (Å²) in [7, 11) is 0. The van der Waals surface area contributed by atoms with Crippen LogP contribution in [-0.4, -0.2) is 25.2 Å². The summed E-state index contributed by atoms with van der Waals surface area (Å²) in [5.41, 5.74) is 0. The predicted molar refractivity (Wildman–Crippen MR) is 52.5 cm³/mol. The van der Waals surface area contributed by atoms with E-state index in [1.807, 2.05) is 6.07 Å². The molecule has 0 radical (unpaired) electrons. The molecule has 1 atom stereocenters. The quantitative estimate of drug-likeness (QED) is 0.401. The Morgan fingerprint density at radius 2 is 2.33 bits per heavy atom. The normalized spacial score (nSPS) is 17.6. The molecule has 0 saturated heterocycles. The fraction of sp³-hybridized carbons (Fsp3) is 0.800. The van der Waals surface area contributed by atoms with Crippen LogP contribution in [0.1, 0.15) is 26.2 Å². The van der Waals surface area contributed by atoms with E-state index in [1.54, 1.807) is 6.92 Å². The SMILES string of the molecule is CCOOCC(C#N)NC(=O)C1CCC1. The first kappa shape index (κ1) is 12.0. The molecule has 15 heavy (non-hydrogen) atoms. The Bertz CT molecular complexity index is 246. The zero-order valence-corrected chi connectivity index (χ0v) is 8.86. The molecule has 5 nitrogen and oxygen atoms in total. The zero-order chi connectivity index (χ0) is 11.1. The Kier molecular flexibility index (Phi) is 5.08. The van der Waals surface area contributed by atoms with Crippen molar-refractivity contribution in [3.8, 4) is 6.07 Å². The number of amides is 1. The molecule has 1 saturated carbocycles. The summed E-state index contributed by atoms with van der Waals surface area (Å²) in [4.78, 5) is 20.8. The van der Waals surface area contributed by atoms with Crippen LogP contribution in [0.15, 0.2) is 0 Å². The maximum absolute atomic E-state index is 11.5. The monoisotopic (exact) mass is 212 g/mol. The molecule has 1 N–H and O–H groups in total. The van der Waals surface area contributed by atoms with Crippen molar-refractivity contribution in [1.82, 2.24) is 5.32 Å². The summed E-state index contributed by atoms with van der Waals surface area (Å²) < 4.78 is 0. The van der Waals surface area contributed by atoms with E-state index >= 15 is 0 Å². The lowest BCUT2D eigenvalue weighted by atomic mass is 9.84. The number of hydrogen-bond donors (Lipinski definition) is 1. The van der Waals surface area contributed by atoms with E-state index in [-0.39, 0.29) is 18.4 Å². The molecular weight excluding hydrogens is 196 g/mol. The Balaban J connectivity index is 2.20. The van der Waals surface area contributed by atoms with E-state index in [1.165, 1.54) is 0 Å². The molecule has 1 amide bonds. The third-order valence-corrected chi connectivity index (χ3v) is 2.38. The molecule has 0 aromatic heterocycles. The molecule has 0 aromatic rings.